The number of carbonyl (C=O) groups excluding carboxylic acids is 1. The Labute approximate surface area is 143 Å². The van der Waals surface area contributed by atoms with E-state index in [4.69, 9.17) is 0 Å². The maximum absolute atomic E-state index is 12.8. The summed E-state index contributed by atoms with van der Waals surface area (Å²) in [5, 5.41) is 8.09. The third-order valence-electron chi connectivity index (χ3n) is 3.56. The van der Waals surface area contributed by atoms with E-state index in [2.05, 4.69) is 15.4 Å². The van der Waals surface area contributed by atoms with Gasteiger partial charge in [-0.05, 0) is 37.3 Å². The first-order chi connectivity index (χ1) is 11.5. The maximum atomic E-state index is 12.8. The summed E-state index contributed by atoms with van der Waals surface area (Å²) >= 11 is 1.52. The van der Waals surface area contributed by atoms with Crippen LogP contribution in [0.4, 0.5) is 10.1 Å². The van der Waals surface area contributed by atoms with Gasteiger partial charge in [0.2, 0.25) is 5.91 Å². The van der Waals surface area contributed by atoms with E-state index >= 15 is 0 Å². The van der Waals surface area contributed by atoms with E-state index in [0.717, 1.165) is 21.6 Å². The molecule has 3 aromatic rings. The summed E-state index contributed by atoms with van der Waals surface area (Å²) in [5.74, 6) is 0.289. The molecule has 1 amide bonds. The molecule has 5 nitrogen and oxygen atoms in total. The van der Waals surface area contributed by atoms with Gasteiger partial charge in [0.1, 0.15) is 5.82 Å². The van der Waals surface area contributed by atoms with Gasteiger partial charge in [-0.1, -0.05) is 0 Å². The first-order valence-electron chi connectivity index (χ1n) is 7.50. The molecule has 7 heteroatoms. The third-order valence-corrected chi connectivity index (χ3v) is 4.57. The van der Waals surface area contributed by atoms with Crippen molar-refractivity contribution in [1.29, 1.82) is 0 Å². The Morgan fingerprint density at radius 1 is 1.33 bits per heavy atom. The number of aryl methyl sites for hydroxylation is 2. The molecule has 0 atom stereocenters. The molecule has 3 rings (SSSR count). The Bertz CT molecular complexity index is 876. The van der Waals surface area contributed by atoms with Gasteiger partial charge in [-0.3, -0.25) is 9.48 Å². The van der Waals surface area contributed by atoms with Crippen LogP contribution in [0.15, 0.2) is 41.4 Å². The van der Waals surface area contributed by atoms with Crippen LogP contribution in [0.2, 0.25) is 0 Å². The highest BCUT2D eigenvalue weighted by Gasteiger charge is 2.09. The lowest BCUT2D eigenvalue weighted by molar-refractivity contribution is -0.115. The molecule has 0 saturated heterocycles. The molecule has 124 valence electrons. The molecule has 0 spiro atoms. The second-order valence-corrected chi connectivity index (χ2v) is 6.57. The fourth-order valence-electron chi connectivity index (χ4n) is 2.39. The molecule has 0 aliphatic rings. The van der Waals surface area contributed by atoms with Crippen LogP contribution in [0, 0.1) is 12.7 Å². The minimum Gasteiger partial charge on any atom is -0.325 e. The molecule has 2 heterocycles. The zero-order valence-corrected chi connectivity index (χ0v) is 14.2. The normalized spacial score (nSPS) is 11.0. The SMILES string of the molecule is Cc1nn(C)c2ncc(NC(=O)CCSc3ccc(F)cc3)cc12. The van der Waals surface area contributed by atoms with E-state index in [1.54, 1.807) is 23.0 Å². The first-order valence-corrected chi connectivity index (χ1v) is 8.49. The highest BCUT2D eigenvalue weighted by atomic mass is 32.2. The Morgan fingerprint density at radius 2 is 2.08 bits per heavy atom. The molecule has 0 aliphatic carbocycles. The summed E-state index contributed by atoms with van der Waals surface area (Å²) in [5.41, 5.74) is 2.33. The van der Waals surface area contributed by atoms with Crippen molar-refractivity contribution in [2.75, 3.05) is 11.1 Å². The van der Waals surface area contributed by atoms with Crippen LogP contribution < -0.4 is 5.32 Å². The number of benzene rings is 1. The highest BCUT2D eigenvalue weighted by Crippen LogP contribution is 2.21. The number of amides is 1. The number of nitrogens with zero attached hydrogens (tertiary/aromatic N) is 3. The van der Waals surface area contributed by atoms with E-state index < -0.39 is 0 Å². The van der Waals surface area contributed by atoms with Crippen LogP contribution >= 0.6 is 11.8 Å². The van der Waals surface area contributed by atoms with Gasteiger partial charge in [-0.15, -0.1) is 11.8 Å². The predicted molar refractivity (Wildman–Crippen MR) is 93.6 cm³/mol. The molecule has 2 aromatic heterocycles. The van der Waals surface area contributed by atoms with Crippen LogP contribution in [0.5, 0.6) is 0 Å². The summed E-state index contributed by atoms with van der Waals surface area (Å²) in [6, 6.07) is 8.14. The molecule has 0 bridgehead atoms. The van der Waals surface area contributed by atoms with Gasteiger partial charge in [-0.2, -0.15) is 5.10 Å². The molecule has 0 unspecified atom stereocenters. The quantitative estimate of drug-likeness (QED) is 0.719. The van der Waals surface area contributed by atoms with Gasteiger partial charge < -0.3 is 5.32 Å². The number of nitrogens with one attached hydrogen (secondary N) is 1. The highest BCUT2D eigenvalue weighted by molar-refractivity contribution is 7.99. The lowest BCUT2D eigenvalue weighted by Gasteiger charge is -2.05. The van der Waals surface area contributed by atoms with Crippen molar-refractivity contribution in [3.63, 3.8) is 0 Å². The lowest BCUT2D eigenvalue weighted by atomic mass is 10.2. The van der Waals surface area contributed by atoms with Gasteiger partial charge in [0.05, 0.1) is 17.6 Å². The Balaban J connectivity index is 1.56. The number of halogens is 1. The number of rotatable bonds is 5. The van der Waals surface area contributed by atoms with Crippen molar-refractivity contribution in [2.45, 2.75) is 18.2 Å². The van der Waals surface area contributed by atoms with E-state index in [9.17, 15) is 9.18 Å². The maximum Gasteiger partial charge on any atom is 0.225 e. The van der Waals surface area contributed by atoms with E-state index in [1.807, 2.05) is 20.0 Å². The van der Waals surface area contributed by atoms with Crippen LogP contribution in [0.1, 0.15) is 12.1 Å². The van der Waals surface area contributed by atoms with Crippen molar-refractivity contribution in [3.05, 3.63) is 48.0 Å². The number of carbonyl (C=O) groups is 1. The number of hydrogen-bond donors (Lipinski definition) is 1. The van der Waals surface area contributed by atoms with Gasteiger partial charge in [0, 0.05) is 29.5 Å². The smallest absolute Gasteiger partial charge is 0.225 e. The molecule has 1 N–H and O–H groups in total. The summed E-state index contributed by atoms with van der Waals surface area (Å²) in [6.07, 6.45) is 2.00. The summed E-state index contributed by atoms with van der Waals surface area (Å²) in [6.45, 7) is 1.91. The fourth-order valence-corrected chi connectivity index (χ4v) is 3.24. The van der Waals surface area contributed by atoms with Gasteiger partial charge in [0.25, 0.3) is 0 Å². The molecule has 0 radical (unpaired) electrons. The van der Waals surface area contributed by atoms with Crippen LogP contribution in [0.3, 0.4) is 0 Å². The van der Waals surface area contributed by atoms with Gasteiger partial charge in [-0.25, -0.2) is 9.37 Å². The fraction of sp³-hybridized carbons (Fsp3) is 0.235. The zero-order valence-electron chi connectivity index (χ0n) is 13.4. The second kappa shape index (κ2) is 7.00. The van der Waals surface area contributed by atoms with Crippen LogP contribution in [0.25, 0.3) is 11.0 Å². The van der Waals surface area contributed by atoms with Crippen LogP contribution in [-0.2, 0) is 11.8 Å². The molecular weight excluding hydrogens is 327 g/mol. The third kappa shape index (κ3) is 3.73. The lowest BCUT2D eigenvalue weighted by Crippen LogP contribution is -2.12. The van der Waals surface area contributed by atoms with Crippen molar-refractivity contribution >= 4 is 34.4 Å². The number of thioether (sulfide) groups is 1. The van der Waals surface area contributed by atoms with Gasteiger partial charge in [0.15, 0.2) is 5.65 Å². The average molecular weight is 344 g/mol. The summed E-state index contributed by atoms with van der Waals surface area (Å²) in [4.78, 5) is 17.3. The molecule has 0 aliphatic heterocycles. The van der Waals surface area contributed by atoms with Crippen LogP contribution in [-0.4, -0.2) is 26.4 Å². The minimum absolute atomic E-state index is 0.0766. The monoisotopic (exact) mass is 344 g/mol. The molecule has 0 saturated carbocycles. The van der Waals surface area contributed by atoms with Crippen molar-refractivity contribution in [2.24, 2.45) is 7.05 Å². The predicted octanol–water partition coefficient (Wildman–Crippen LogP) is 3.54. The zero-order chi connectivity index (χ0) is 17.1. The van der Waals surface area contributed by atoms with E-state index in [-0.39, 0.29) is 11.7 Å². The topological polar surface area (TPSA) is 59.8 Å². The standard InChI is InChI=1S/C17H17FN4OS/c1-11-15-9-13(10-19-17(15)22(2)21-11)20-16(23)7-8-24-14-5-3-12(18)4-6-14/h3-6,9-10H,7-8H2,1-2H3,(H,20,23). The number of hydrogen-bond acceptors (Lipinski definition) is 4. The molecule has 0 fully saturated rings. The van der Waals surface area contributed by atoms with Gasteiger partial charge >= 0.3 is 0 Å². The average Bonchev–Trinajstić information content (AvgIpc) is 2.83. The minimum atomic E-state index is -0.259. The van der Waals surface area contributed by atoms with Crippen molar-refractivity contribution in [3.8, 4) is 0 Å². The van der Waals surface area contributed by atoms with Crippen molar-refractivity contribution < 1.29 is 9.18 Å². The Kier molecular flexibility index (Phi) is 4.80. The van der Waals surface area contributed by atoms with E-state index in [1.165, 1.54) is 23.9 Å². The molecule has 24 heavy (non-hydrogen) atoms. The van der Waals surface area contributed by atoms with E-state index in [0.29, 0.717) is 17.9 Å². The Hall–Kier alpha value is -2.41. The second-order valence-electron chi connectivity index (χ2n) is 5.40. The first kappa shape index (κ1) is 16.4. The number of pyridine rings is 1. The van der Waals surface area contributed by atoms with Crippen molar-refractivity contribution in [1.82, 2.24) is 14.8 Å². The number of aromatic nitrogens is 3. The largest absolute Gasteiger partial charge is 0.325 e. The summed E-state index contributed by atoms with van der Waals surface area (Å²) < 4.78 is 14.6. The summed E-state index contributed by atoms with van der Waals surface area (Å²) in [7, 11) is 1.84. The number of anilines is 1. The molecular formula is C17H17FN4OS. The molecule has 1 aromatic carbocycles. The Morgan fingerprint density at radius 3 is 2.83 bits per heavy atom. The number of fused-ring (bicyclic) bond motifs is 1.